The summed E-state index contributed by atoms with van der Waals surface area (Å²) < 4.78 is 9.35. The third-order valence-electron chi connectivity index (χ3n) is 3.20. The molecule has 0 spiro atoms. The molecule has 6 nitrogen and oxygen atoms in total. The Morgan fingerprint density at radius 2 is 2.25 bits per heavy atom. The van der Waals surface area contributed by atoms with Crippen LogP contribution >= 0.6 is 0 Å². The molecule has 0 fully saturated rings. The molecular weight excluding hydrogens is 254 g/mol. The molecule has 0 aliphatic rings. The SMILES string of the molecule is COCCNCc1nccn1Cc1cncn1C(C)C. The largest absolute Gasteiger partial charge is 0.383 e. The van der Waals surface area contributed by atoms with Crippen LogP contribution in [0.15, 0.2) is 24.9 Å². The van der Waals surface area contributed by atoms with Gasteiger partial charge in [0, 0.05) is 38.3 Å². The monoisotopic (exact) mass is 277 g/mol. The number of hydrogen-bond donors (Lipinski definition) is 1. The molecule has 0 aliphatic carbocycles. The summed E-state index contributed by atoms with van der Waals surface area (Å²) in [7, 11) is 1.70. The van der Waals surface area contributed by atoms with Crippen LogP contribution in [0.3, 0.4) is 0 Å². The molecule has 0 aromatic carbocycles. The lowest BCUT2D eigenvalue weighted by molar-refractivity contribution is 0.199. The van der Waals surface area contributed by atoms with Crippen molar-refractivity contribution in [2.45, 2.75) is 33.0 Å². The van der Waals surface area contributed by atoms with Crippen molar-refractivity contribution in [3.05, 3.63) is 36.4 Å². The van der Waals surface area contributed by atoms with E-state index in [0.717, 1.165) is 25.5 Å². The van der Waals surface area contributed by atoms with Gasteiger partial charge in [-0.25, -0.2) is 9.97 Å². The van der Waals surface area contributed by atoms with E-state index >= 15 is 0 Å². The number of hydrogen-bond acceptors (Lipinski definition) is 4. The Kier molecular flexibility index (Phi) is 5.31. The van der Waals surface area contributed by atoms with Crippen LogP contribution in [-0.2, 0) is 17.8 Å². The molecule has 0 aliphatic heterocycles. The topological polar surface area (TPSA) is 56.9 Å². The van der Waals surface area contributed by atoms with Gasteiger partial charge in [-0.05, 0) is 13.8 Å². The molecule has 2 aromatic rings. The third-order valence-corrected chi connectivity index (χ3v) is 3.20. The van der Waals surface area contributed by atoms with Gasteiger partial charge in [0.2, 0.25) is 0 Å². The molecular formula is C14H23N5O. The Bertz CT molecular complexity index is 517. The number of imidazole rings is 2. The van der Waals surface area contributed by atoms with Gasteiger partial charge in [0.1, 0.15) is 5.82 Å². The highest BCUT2D eigenvalue weighted by Crippen LogP contribution is 2.11. The lowest BCUT2D eigenvalue weighted by Crippen LogP contribution is -2.21. The van der Waals surface area contributed by atoms with E-state index in [4.69, 9.17) is 4.74 Å². The molecule has 2 heterocycles. The van der Waals surface area contributed by atoms with E-state index in [9.17, 15) is 0 Å². The van der Waals surface area contributed by atoms with Crippen molar-refractivity contribution in [1.29, 1.82) is 0 Å². The first-order valence-electron chi connectivity index (χ1n) is 6.92. The zero-order valence-corrected chi connectivity index (χ0v) is 12.4. The van der Waals surface area contributed by atoms with E-state index < -0.39 is 0 Å². The first-order valence-corrected chi connectivity index (χ1v) is 6.92. The first kappa shape index (κ1) is 14.7. The highest BCUT2D eigenvalue weighted by molar-refractivity contribution is 5.04. The number of aromatic nitrogens is 4. The molecule has 2 rings (SSSR count). The van der Waals surface area contributed by atoms with E-state index in [0.29, 0.717) is 12.6 Å². The Morgan fingerprint density at radius 1 is 1.40 bits per heavy atom. The summed E-state index contributed by atoms with van der Waals surface area (Å²) in [5.41, 5.74) is 1.19. The standard InChI is InChI=1S/C14H23N5O/c1-12(2)19-11-16-8-13(19)10-18-6-4-17-14(18)9-15-5-7-20-3/h4,6,8,11-12,15H,5,7,9-10H2,1-3H3. The summed E-state index contributed by atoms with van der Waals surface area (Å²) in [5, 5.41) is 3.32. The van der Waals surface area contributed by atoms with E-state index in [1.54, 1.807) is 7.11 Å². The molecule has 0 saturated heterocycles. The van der Waals surface area contributed by atoms with Crippen LogP contribution in [0.1, 0.15) is 31.4 Å². The van der Waals surface area contributed by atoms with Crippen LogP contribution in [0.4, 0.5) is 0 Å². The fraction of sp³-hybridized carbons (Fsp3) is 0.571. The van der Waals surface area contributed by atoms with Crippen LogP contribution in [-0.4, -0.2) is 39.4 Å². The van der Waals surface area contributed by atoms with Crippen LogP contribution in [0.5, 0.6) is 0 Å². The van der Waals surface area contributed by atoms with Crippen LogP contribution in [0.2, 0.25) is 0 Å². The Hall–Kier alpha value is -1.66. The second kappa shape index (κ2) is 7.21. The second-order valence-electron chi connectivity index (χ2n) is 5.03. The van der Waals surface area contributed by atoms with Crippen LogP contribution < -0.4 is 5.32 Å². The molecule has 2 aromatic heterocycles. The zero-order chi connectivity index (χ0) is 14.4. The Balaban J connectivity index is 1.99. The summed E-state index contributed by atoms with van der Waals surface area (Å²) in [4.78, 5) is 8.64. The molecule has 0 radical (unpaired) electrons. The molecule has 0 atom stereocenters. The van der Waals surface area contributed by atoms with Crippen molar-refractivity contribution in [1.82, 2.24) is 24.4 Å². The smallest absolute Gasteiger partial charge is 0.123 e. The van der Waals surface area contributed by atoms with Crippen molar-refractivity contribution in [3.63, 3.8) is 0 Å². The first-order chi connectivity index (χ1) is 9.72. The van der Waals surface area contributed by atoms with Crippen molar-refractivity contribution in [3.8, 4) is 0 Å². The number of methoxy groups -OCH3 is 1. The normalized spacial score (nSPS) is 11.4. The van der Waals surface area contributed by atoms with Crippen molar-refractivity contribution >= 4 is 0 Å². The fourth-order valence-corrected chi connectivity index (χ4v) is 2.12. The highest BCUT2D eigenvalue weighted by Gasteiger charge is 2.08. The summed E-state index contributed by atoms with van der Waals surface area (Å²) >= 11 is 0. The number of rotatable bonds is 8. The van der Waals surface area contributed by atoms with Crippen molar-refractivity contribution < 1.29 is 4.74 Å². The fourth-order valence-electron chi connectivity index (χ4n) is 2.12. The lowest BCUT2D eigenvalue weighted by atomic mass is 10.3. The van der Waals surface area contributed by atoms with Gasteiger partial charge in [-0.15, -0.1) is 0 Å². The van der Waals surface area contributed by atoms with Gasteiger partial charge in [-0.2, -0.15) is 0 Å². The quantitative estimate of drug-likeness (QED) is 0.742. The summed E-state index contributed by atoms with van der Waals surface area (Å²) in [6, 6.07) is 0.416. The highest BCUT2D eigenvalue weighted by atomic mass is 16.5. The summed E-state index contributed by atoms with van der Waals surface area (Å²) in [5.74, 6) is 1.03. The predicted molar refractivity (Wildman–Crippen MR) is 77.5 cm³/mol. The minimum absolute atomic E-state index is 0.416. The number of nitrogens with zero attached hydrogens (tertiary/aromatic N) is 4. The van der Waals surface area contributed by atoms with Gasteiger partial charge < -0.3 is 19.2 Å². The molecule has 6 heteroatoms. The van der Waals surface area contributed by atoms with E-state index in [1.165, 1.54) is 5.69 Å². The lowest BCUT2D eigenvalue weighted by Gasteiger charge is -2.13. The van der Waals surface area contributed by atoms with Crippen molar-refractivity contribution in [2.75, 3.05) is 20.3 Å². The Morgan fingerprint density at radius 3 is 3.00 bits per heavy atom. The van der Waals surface area contributed by atoms with E-state index in [1.807, 2.05) is 24.9 Å². The minimum Gasteiger partial charge on any atom is -0.383 e. The molecule has 0 unspecified atom stereocenters. The maximum absolute atomic E-state index is 5.02. The van der Waals surface area contributed by atoms with Crippen molar-refractivity contribution in [2.24, 2.45) is 0 Å². The maximum Gasteiger partial charge on any atom is 0.123 e. The maximum atomic E-state index is 5.02. The molecule has 0 saturated carbocycles. The average Bonchev–Trinajstić information content (AvgIpc) is 3.05. The van der Waals surface area contributed by atoms with Crippen LogP contribution in [0, 0.1) is 0 Å². The molecule has 110 valence electrons. The number of ether oxygens (including phenoxy) is 1. The summed E-state index contributed by atoms with van der Waals surface area (Å²) in [6.07, 6.45) is 7.64. The molecule has 0 bridgehead atoms. The van der Waals surface area contributed by atoms with Gasteiger partial charge in [0.05, 0.1) is 31.7 Å². The van der Waals surface area contributed by atoms with Crippen LogP contribution in [0.25, 0.3) is 0 Å². The Labute approximate surface area is 119 Å². The minimum atomic E-state index is 0.416. The molecule has 0 amide bonds. The van der Waals surface area contributed by atoms with Gasteiger partial charge in [0.25, 0.3) is 0 Å². The third kappa shape index (κ3) is 3.68. The predicted octanol–water partition coefficient (Wildman–Crippen LogP) is 1.44. The second-order valence-corrected chi connectivity index (χ2v) is 5.03. The van der Waals surface area contributed by atoms with Gasteiger partial charge in [-0.3, -0.25) is 0 Å². The van der Waals surface area contributed by atoms with Gasteiger partial charge in [0.15, 0.2) is 0 Å². The van der Waals surface area contributed by atoms with E-state index in [2.05, 4.69) is 38.3 Å². The zero-order valence-electron chi connectivity index (χ0n) is 12.4. The average molecular weight is 277 g/mol. The number of nitrogens with one attached hydrogen (secondary N) is 1. The van der Waals surface area contributed by atoms with Gasteiger partial charge >= 0.3 is 0 Å². The molecule has 1 N–H and O–H groups in total. The molecule has 20 heavy (non-hydrogen) atoms. The summed E-state index contributed by atoms with van der Waals surface area (Å²) in [6.45, 7) is 7.39. The van der Waals surface area contributed by atoms with E-state index in [-0.39, 0.29) is 0 Å². The van der Waals surface area contributed by atoms with Gasteiger partial charge in [-0.1, -0.05) is 0 Å².